The number of para-hydroxylation sites is 1. The van der Waals surface area contributed by atoms with Crippen LogP contribution in [-0.2, 0) is 16.0 Å². The SMILES string of the molecule is C[C@@H]1[C@@H](C(C)(C)F)[C@H](CCO)O[C@@H]1CCc1ccc(N(C=O)c2ccccc2)cc1. The number of amides is 1. The van der Waals surface area contributed by atoms with E-state index in [0.717, 1.165) is 36.2 Å². The highest BCUT2D eigenvalue weighted by Crippen LogP contribution is 2.43. The maximum absolute atomic E-state index is 14.8. The number of aliphatic hydroxyl groups is 1. The molecule has 5 heteroatoms. The van der Waals surface area contributed by atoms with Crippen LogP contribution < -0.4 is 4.90 Å². The fraction of sp³-hybridized carbons (Fsp3) is 0.480. The zero-order chi connectivity index (χ0) is 21.7. The molecule has 162 valence electrons. The van der Waals surface area contributed by atoms with Crippen LogP contribution in [0.4, 0.5) is 15.8 Å². The fourth-order valence-corrected chi connectivity index (χ4v) is 4.77. The number of carbonyl (C=O) groups excluding carboxylic acids is 1. The number of carbonyl (C=O) groups is 1. The van der Waals surface area contributed by atoms with Crippen LogP contribution in [0.1, 0.15) is 39.2 Å². The third-order valence-electron chi connectivity index (χ3n) is 6.18. The van der Waals surface area contributed by atoms with Gasteiger partial charge in [-0.3, -0.25) is 9.69 Å². The van der Waals surface area contributed by atoms with Gasteiger partial charge < -0.3 is 9.84 Å². The molecule has 2 aromatic rings. The van der Waals surface area contributed by atoms with Gasteiger partial charge in [0.1, 0.15) is 5.67 Å². The van der Waals surface area contributed by atoms with E-state index in [4.69, 9.17) is 4.74 Å². The lowest BCUT2D eigenvalue weighted by atomic mass is 9.77. The molecule has 1 fully saturated rings. The first-order valence-corrected chi connectivity index (χ1v) is 10.7. The van der Waals surface area contributed by atoms with Crippen LogP contribution in [0.5, 0.6) is 0 Å². The van der Waals surface area contributed by atoms with Crippen molar-refractivity contribution < 1.29 is 19.0 Å². The first-order valence-electron chi connectivity index (χ1n) is 10.7. The van der Waals surface area contributed by atoms with Crippen molar-refractivity contribution >= 4 is 17.8 Å². The van der Waals surface area contributed by atoms with Crippen molar-refractivity contribution in [1.29, 1.82) is 0 Å². The lowest BCUT2D eigenvalue weighted by molar-refractivity contribution is -0.106. The first kappa shape index (κ1) is 22.4. The van der Waals surface area contributed by atoms with Gasteiger partial charge in [0.25, 0.3) is 0 Å². The quantitative estimate of drug-likeness (QED) is 0.585. The summed E-state index contributed by atoms with van der Waals surface area (Å²) in [5.74, 6) is -0.131. The van der Waals surface area contributed by atoms with Crippen molar-refractivity contribution in [1.82, 2.24) is 0 Å². The van der Waals surface area contributed by atoms with E-state index in [1.807, 2.05) is 54.6 Å². The Morgan fingerprint density at radius 3 is 2.23 bits per heavy atom. The molecular weight excluding hydrogens is 381 g/mol. The van der Waals surface area contributed by atoms with E-state index < -0.39 is 5.67 Å². The molecule has 0 bridgehead atoms. The molecule has 1 N–H and O–H groups in total. The Kier molecular flexibility index (Phi) is 7.27. The number of rotatable bonds is 9. The minimum Gasteiger partial charge on any atom is -0.396 e. The summed E-state index contributed by atoms with van der Waals surface area (Å²) in [6.07, 6.45) is 2.62. The summed E-state index contributed by atoms with van der Waals surface area (Å²) in [7, 11) is 0. The zero-order valence-corrected chi connectivity index (χ0v) is 18.0. The summed E-state index contributed by atoms with van der Waals surface area (Å²) in [6.45, 7) is 5.27. The number of hydrogen-bond acceptors (Lipinski definition) is 3. The molecule has 4 nitrogen and oxygen atoms in total. The second-order valence-electron chi connectivity index (χ2n) is 8.69. The molecule has 1 heterocycles. The maximum atomic E-state index is 14.8. The summed E-state index contributed by atoms with van der Waals surface area (Å²) >= 11 is 0. The second kappa shape index (κ2) is 9.71. The number of hydrogen-bond donors (Lipinski definition) is 1. The van der Waals surface area contributed by atoms with E-state index in [1.165, 1.54) is 0 Å². The van der Waals surface area contributed by atoms with Crippen molar-refractivity contribution in [2.75, 3.05) is 11.5 Å². The number of aliphatic hydroxyl groups excluding tert-OH is 1. The summed E-state index contributed by atoms with van der Waals surface area (Å²) in [6, 6.07) is 17.4. The molecule has 30 heavy (non-hydrogen) atoms. The standard InChI is InChI=1S/C25H32FNO3/c1-18-22(30-23(15-16-28)24(18)25(2,3)26)14-11-19-9-12-21(13-10-19)27(17-29)20-7-5-4-6-8-20/h4-10,12-13,17-18,22-24,28H,11,14-16H2,1-3H3/t18-,22+,23-,24+/m0/s1. The summed E-state index contributed by atoms with van der Waals surface area (Å²) in [4.78, 5) is 13.2. The number of halogens is 1. The van der Waals surface area contributed by atoms with Gasteiger partial charge in [-0.25, -0.2) is 4.39 Å². The predicted octanol–water partition coefficient (Wildman–Crippen LogP) is 5.06. The summed E-state index contributed by atoms with van der Waals surface area (Å²) in [5, 5.41) is 9.33. The molecular formula is C25H32FNO3. The Bertz CT molecular complexity index is 803. The Balaban J connectivity index is 1.64. The van der Waals surface area contributed by atoms with Crippen LogP contribution in [0.2, 0.25) is 0 Å². The first-order chi connectivity index (χ1) is 14.3. The molecule has 1 saturated heterocycles. The number of nitrogens with zero attached hydrogens (tertiary/aromatic N) is 1. The van der Waals surface area contributed by atoms with Gasteiger partial charge in [0, 0.05) is 23.9 Å². The van der Waals surface area contributed by atoms with Gasteiger partial charge in [0.05, 0.1) is 12.2 Å². The smallest absolute Gasteiger partial charge is 0.218 e. The Morgan fingerprint density at radius 2 is 1.67 bits per heavy atom. The van der Waals surface area contributed by atoms with Crippen molar-refractivity contribution in [3.05, 3.63) is 60.2 Å². The molecule has 0 unspecified atom stereocenters. The van der Waals surface area contributed by atoms with E-state index in [2.05, 4.69) is 6.92 Å². The van der Waals surface area contributed by atoms with Crippen LogP contribution in [0, 0.1) is 11.8 Å². The Labute approximate surface area is 178 Å². The molecule has 0 aliphatic carbocycles. The molecule has 4 atom stereocenters. The Morgan fingerprint density at radius 1 is 1.03 bits per heavy atom. The van der Waals surface area contributed by atoms with E-state index in [9.17, 15) is 14.3 Å². The molecule has 2 aromatic carbocycles. The number of aryl methyl sites for hydroxylation is 1. The molecule has 0 spiro atoms. The zero-order valence-electron chi connectivity index (χ0n) is 18.0. The van der Waals surface area contributed by atoms with Crippen molar-refractivity contribution in [2.45, 2.75) is 57.9 Å². The topological polar surface area (TPSA) is 49.8 Å². The van der Waals surface area contributed by atoms with E-state index in [-0.39, 0.29) is 30.7 Å². The van der Waals surface area contributed by atoms with Crippen LogP contribution in [0.15, 0.2) is 54.6 Å². The third kappa shape index (κ3) is 5.08. The normalized spacial score (nSPS) is 24.0. The molecule has 0 aromatic heterocycles. The minimum absolute atomic E-state index is 0.00674. The molecule has 3 rings (SSSR count). The van der Waals surface area contributed by atoms with Crippen LogP contribution in [0.25, 0.3) is 0 Å². The molecule has 1 aliphatic rings. The van der Waals surface area contributed by atoms with Gasteiger partial charge in [-0.05, 0) is 68.9 Å². The van der Waals surface area contributed by atoms with Gasteiger partial charge in [0.15, 0.2) is 0 Å². The second-order valence-corrected chi connectivity index (χ2v) is 8.69. The number of ether oxygens (including phenoxy) is 1. The summed E-state index contributed by atoms with van der Waals surface area (Å²) in [5.41, 5.74) is 1.44. The minimum atomic E-state index is -1.34. The highest BCUT2D eigenvalue weighted by atomic mass is 19.1. The number of alkyl halides is 1. The Hall–Kier alpha value is -2.24. The molecule has 0 radical (unpaired) electrons. The van der Waals surface area contributed by atoms with E-state index >= 15 is 0 Å². The third-order valence-corrected chi connectivity index (χ3v) is 6.18. The average Bonchev–Trinajstić information content (AvgIpc) is 3.04. The molecule has 1 aliphatic heterocycles. The van der Waals surface area contributed by atoms with Crippen LogP contribution in [0.3, 0.4) is 0 Å². The summed E-state index contributed by atoms with van der Waals surface area (Å²) < 4.78 is 20.9. The van der Waals surface area contributed by atoms with Crippen molar-refractivity contribution in [3.8, 4) is 0 Å². The van der Waals surface area contributed by atoms with Crippen LogP contribution >= 0.6 is 0 Å². The van der Waals surface area contributed by atoms with Gasteiger partial charge in [-0.15, -0.1) is 0 Å². The van der Waals surface area contributed by atoms with Gasteiger partial charge in [0.2, 0.25) is 6.41 Å². The largest absolute Gasteiger partial charge is 0.396 e. The molecule has 0 saturated carbocycles. The lowest BCUT2D eigenvalue weighted by Crippen LogP contribution is -2.37. The number of anilines is 2. The van der Waals surface area contributed by atoms with Gasteiger partial charge in [-0.1, -0.05) is 37.3 Å². The fourth-order valence-electron chi connectivity index (χ4n) is 4.77. The molecule has 1 amide bonds. The number of benzene rings is 2. The van der Waals surface area contributed by atoms with Crippen LogP contribution in [-0.4, -0.2) is 36.0 Å². The van der Waals surface area contributed by atoms with Crippen molar-refractivity contribution in [2.24, 2.45) is 11.8 Å². The highest BCUT2D eigenvalue weighted by molar-refractivity contribution is 5.86. The lowest BCUT2D eigenvalue weighted by Gasteiger charge is -2.30. The highest BCUT2D eigenvalue weighted by Gasteiger charge is 2.48. The monoisotopic (exact) mass is 413 g/mol. The van der Waals surface area contributed by atoms with Gasteiger partial charge in [-0.2, -0.15) is 0 Å². The predicted molar refractivity (Wildman–Crippen MR) is 118 cm³/mol. The van der Waals surface area contributed by atoms with Gasteiger partial charge >= 0.3 is 0 Å². The van der Waals surface area contributed by atoms with E-state index in [0.29, 0.717) is 6.42 Å². The average molecular weight is 414 g/mol. The van der Waals surface area contributed by atoms with E-state index in [1.54, 1.807) is 18.7 Å². The van der Waals surface area contributed by atoms with Crippen molar-refractivity contribution in [3.63, 3.8) is 0 Å². The maximum Gasteiger partial charge on any atom is 0.218 e.